The number of fused-ring (bicyclic) bond motifs is 2. The number of halogens is 1. The SMILES string of the molecule is O=S(=O)(Nc1cc(Sc2nc3ccccc3s2)c(O)c2ccccc12)c1cccc(Br)c1. The van der Waals surface area contributed by atoms with E-state index in [0.29, 0.717) is 25.8 Å². The van der Waals surface area contributed by atoms with E-state index in [9.17, 15) is 13.5 Å². The molecule has 0 aliphatic rings. The van der Waals surface area contributed by atoms with Crippen LogP contribution < -0.4 is 4.72 Å². The summed E-state index contributed by atoms with van der Waals surface area (Å²) in [6, 6.07) is 23.1. The summed E-state index contributed by atoms with van der Waals surface area (Å²) in [5, 5.41) is 12.1. The lowest BCUT2D eigenvalue weighted by molar-refractivity contribution is 0.469. The maximum Gasteiger partial charge on any atom is 0.261 e. The van der Waals surface area contributed by atoms with E-state index < -0.39 is 10.0 Å². The average Bonchev–Trinajstić information content (AvgIpc) is 3.19. The van der Waals surface area contributed by atoms with Crippen molar-refractivity contribution in [3.63, 3.8) is 0 Å². The van der Waals surface area contributed by atoms with E-state index in [1.807, 2.05) is 24.3 Å². The molecule has 0 bridgehead atoms. The summed E-state index contributed by atoms with van der Waals surface area (Å²) in [7, 11) is -3.83. The second-order valence-corrected chi connectivity index (χ2v) is 11.8. The number of phenolic OH excluding ortho intramolecular Hbond substituents is 1. The number of rotatable bonds is 5. The molecule has 2 N–H and O–H groups in total. The van der Waals surface area contributed by atoms with Gasteiger partial charge in [-0.15, -0.1) is 11.3 Å². The highest BCUT2D eigenvalue weighted by atomic mass is 79.9. The molecule has 5 aromatic rings. The average molecular weight is 543 g/mol. The molecule has 0 saturated carbocycles. The van der Waals surface area contributed by atoms with Crippen LogP contribution in [0.3, 0.4) is 0 Å². The second kappa shape index (κ2) is 8.40. The molecular formula is C23H15BrN2O3S3. The predicted octanol–water partition coefficient (Wildman–Crippen LogP) is 6.87. The Kier molecular flexibility index (Phi) is 5.58. The first-order chi connectivity index (χ1) is 15.4. The zero-order valence-electron chi connectivity index (χ0n) is 16.3. The van der Waals surface area contributed by atoms with Gasteiger partial charge in [-0.05, 0) is 36.4 Å². The van der Waals surface area contributed by atoms with E-state index in [4.69, 9.17) is 0 Å². The lowest BCUT2D eigenvalue weighted by Crippen LogP contribution is -2.13. The number of anilines is 1. The fourth-order valence-electron chi connectivity index (χ4n) is 3.32. The Morgan fingerprint density at radius 3 is 2.47 bits per heavy atom. The largest absolute Gasteiger partial charge is 0.506 e. The van der Waals surface area contributed by atoms with Crippen molar-refractivity contribution < 1.29 is 13.5 Å². The van der Waals surface area contributed by atoms with Gasteiger partial charge < -0.3 is 5.11 Å². The number of hydrogen-bond donors (Lipinski definition) is 2. The van der Waals surface area contributed by atoms with Gasteiger partial charge in [0.15, 0.2) is 4.34 Å². The fourth-order valence-corrected chi connectivity index (χ4v) is 7.11. The van der Waals surface area contributed by atoms with E-state index in [1.54, 1.807) is 48.5 Å². The van der Waals surface area contributed by atoms with Crippen LogP contribution in [0.2, 0.25) is 0 Å². The minimum Gasteiger partial charge on any atom is -0.506 e. The van der Waals surface area contributed by atoms with Crippen LogP contribution in [0.15, 0.2) is 97.5 Å². The predicted molar refractivity (Wildman–Crippen MR) is 134 cm³/mol. The fraction of sp³-hybridized carbons (Fsp3) is 0. The van der Waals surface area contributed by atoms with Crippen molar-refractivity contribution in [2.75, 3.05) is 4.72 Å². The molecule has 0 fully saturated rings. The quantitative estimate of drug-likeness (QED) is 0.237. The maximum absolute atomic E-state index is 13.1. The van der Waals surface area contributed by atoms with Gasteiger partial charge in [-0.2, -0.15) is 0 Å². The van der Waals surface area contributed by atoms with E-state index in [1.165, 1.54) is 29.2 Å². The molecule has 0 saturated heterocycles. The molecule has 9 heteroatoms. The number of aromatic hydroxyl groups is 1. The Balaban J connectivity index is 1.60. The van der Waals surface area contributed by atoms with Gasteiger partial charge >= 0.3 is 0 Å². The Labute approximate surface area is 201 Å². The van der Waals surface area contributed by atoms with Crippen LogP contribution in [0.25, 0.3) is 21.0 Å². The number of thiazole rings is 1. The molecule has 0 unspecified atom stereocenters. The number of nitrogens with zero attached hydrogens (tertiary/aromatic N) is 1. The van der Waals surface area contributed by atoms with Crippen LogP contribution in [0.5, 0.6) is 5.75 Å². The van der Waals surface area contributed by atoms with Crippen molar-refractivity contribution in [2.45, 2.75) is 14.1 Å². The van der Waals surface area contributed by atoms with Gasteiger partial charge in [-0.1, -0.05) is 70.2 Å². The number of nitrogens with one attached hydrogen (secondary N) is 1. The Bertz CT molecular complexity index is 1550. The number of sulfonamides is 1. The summed E-state index contributed by atoms with van der Waals surface area (Å²) in [6.45, 7) is 0. The molecule has 5 nitrogen and oxygen atoms in total. The highest BCUT2D eigenvalue weighted by molar-refractivity contribution is 9.10. The van der Waals surface area contributed by atoms with E-state index >= 15 is 0 Å². The van der Waals surface area contributed by atoms with E-state index in [0.717, 1.165) is 14.6 Å². The molecule has 5 rings (SSSR count). The molecule has 1 heterocycles. The standard InChI is InChI=1S/C23H15BrN2O3S3/c24-14-6-5-7-15(12-14)32(28,29)26-19-13-21(22(27)17-9-2-1-8-16(17)19)31-23-25-18-10-3-4-11-20(18)30-23/h1-13,26-27H. The molecular weight excluding hydrogens is 528 g/mol. The summed E-state index contributed by atoms with van der Waals surface area (Å²) in [5.41, 5.74) is 1.28. The molecule has 0 radical (unpaired) electrons. The molecule has 0 atom stereocenters. The van der Waals surface area contributed by atoms with Crippen molar-refractivity contribution in [3.8, 4) is 5.75 Å². The molecule has 0 spiro atoms. The first-order valence-electron chi connectivity index (χ1n) is 9.47. The first kappa shape index (κ1) is 21.3. The zero-order valence-corrected chi connectivity index (χ0v) is 20.4. The second-order valence-electron chi connectivity index (χ2n) is 6.93. The van der Waals surface area contributed by atoms with Crippen LogP contribution in [0.1, 0.15) is 0 Å². The van der Waals surface area contributed by atoms with Crippen molar-refractivity contribution in [1.82, 2.24) is 4.98 Å². The molecule has 160 valence electrons. The first-order valence-corrected chi connectivity index (χ1v) is 13.4. The minimum absolute atomic E-state index is 0.0928. The number of aromatic nitrogens is 1. The van der Waals surface area contributed by atoms with Crippen molar-refractivity contribution in [1.29, 1.82) is 0 Å². The van der Waals surface area contributed by atoms with E-state index in [2.05, 4.69) is 25.6 Å². The van der Waals surface area contributed by atoms with Crippen LogP contribution in [0.4, 0.5) is 5.69 Å². The van der Waals surface area contributed by atoms with Crippen LogP contribution in [-0.2, 0) is 10.0 Å². The molecule has 1 aromatic heterocycles. The van der Waals surface area contributed by atoms with Crippen molar-refractivity contribution in [3.05, 3.63) is 83.3 Å². The third-order valence-electron chi connectivity index (χ3n) is 4.80. The Morgan fingerprint density at radius 1 is 0.938 bits per heavy atom. The number of para-hydroxylation sites is 1. The third kappa shape index (κ3) is 4.09. The van der Waals surface area contributed by atoms with Gasteiger partial charge in [0, 0.05) is 15.2 Å². The topological polar surface area (TPSA) is 79.3 Å². The smallest absolute Gasteiger partial charge is 0.261 e. The highest BCUT2D eigenvalue weighted by Crippen LogP contribution is 2.44. The van der Waals surface area contributed by atoms with E-state index in [-0.39, 0.29) is 10.6 Å². The lowest BCUT2D eigenvalue weighted by atomic mass is 10.1. The Hall–Kier alpha value is -2.59. The zero-order chi connectivity index (χ0) is 22.3. The van der Waals surface area contributed by atoms with Crippen LogP contribution >= 0.6 is 39.0 Å². The summed E-state index contributed by atoms with van der Waals surface area (Å²) in [5.74, 6) is 0.0928. The molecule has 32 heavy (non-hydrogen) atoms. The Morgan fingerprint density at radius 2 is 1.69 bits per heavy atom. The van der Waals surface area contributed by atoms with Gasteiger partial charge in [0.1, 0.15) is 5.75 Å². The number of phenols is 1. The summed E-state index contributed by atoms with van der Waals surface area (Å²) in [6.07, 6.45) is 0. The lowest BCUT2D eigenvalue weighted by Gasteiger charge is -2.14. The van der Waals surface area contributed by atoms with Gasteiger partial charge in [-0.3, -0.25) is 4.72 Å². The minimum atomic E-state index is -3.83. The van der Waals surface area contributed by atoms with Gasteiger partial charge in [0.25, 0.3) is 10.0 Å². The van der Waals surface area contributed by atoms with Crippen molar-refractivity contribution in [2.24, 2.45) is 0 Å². The third-order valence-corrected chi connectivity index (χ3v) is 8.79. The number of benzene rings is 4. The molecule has 0 amide bonds. The molecule has 0 aliphatic heterocycles. The maximum atomic E-state index is 13.1. The van der Waals surface area contributed by atoms with Gasteiger partial charge in [0.05, 0.1) is 25.7 Å². The van der Waals surface area contributed by atoms with Gasteiger partial charge in [0.2, 0.25) is 0 Å². The highest BCUT2D eigenvalue weighted by Gasteiger charge is 2.20. The summed E-state index contributed by atoms with van der Waals surface area (Å²) in [4.78, 5) is 5.28. The van der Waals surface area contributed by atoms with Crippen LogP contribution in [0, 0.1) is 0 Å². The van der Waals surface area contributed by atoms with Crippen LogP contribution in [-0.4, -0.2) is 18.5 Å². The summed E-state index contributed by atoms with van der Waals surface area (Å²) < 4.78 is 31.3. The molecule has 0 aliphatic carbocycles. The number of hydrogen-bond acceptors (Lipinski definition) is 6. The molecule has 4 aromatic carbocycles. The normalized spacial score (nSPS) is 11.8. The summed E-state index contributed by atoms with van der Waals surface area (Å²) >= 11 is 6.15. The van der Waals surface area contributed by atoms with Crippen molar-refractivity contribution >= 4 is 75.7 Å². The monoisotopic (exact) mass is 542 g/mol. The van der Waals surface area contributed by atoms with Gasteiger partial charge in [-0.25, -0.2) is 13.4 Å².